The van der Waals surface area contributed by atoms with Crippen LogP contribution in [-0.2, 0) is 9.59 Å². The van der Waals surface area contributed by atoms with E-state index in [4.69, 9.17) is 0 Å². The molecule has 0 bridgehead atoms. The minimum atomic E-state index is -0.840. The van der Waals surface area contributed by atoms with Crippen molar-refractivity contribution >= 4 is 23.8 Å². The summed E-state index contributed by atoms with van der Waals surface area (Å²) in [7, 11) is 0. The predicted octanol–water partition coefficient (Wildman–Crippen LogP) is 1.03. The summed E-state index contributed by atoms with van der Waals surface area (Å²) in [5, 5.41) is 8.13. The Kier molecular flexibility index (Phi) is 5.96. The summed E-state index contributed by atoms with van der Waals surface area (Å²) >= 11 is 0. The van der Waals surface area contributed by atoms with Crippen LogP contribution in [0, 0.1) is 5.92 Å². The van der Waals surface area contributed by atoms with Crippen LogP contribution >= 0.6 is 0 Å². The first-order chi connectivity index (χ1) is 13.4. The summed E-state index contributed by atoms with van der Waals surface area (Å²) in [6.45, 7) is 2.29. The van der Waals surface area contributed by atoms with Crippen molar-refractivity contribution in [2.75, 3.05) is 19.6 Å². The van der Waals surface area contributed by atoms with Crippen LogP contribution in [0.15, 0.2) is 30.3 Å². The number of imide groups is 1. The molecule has 3 N–H and O–H groups in total. The van der Waals surface area contributed by atoms with Gasteiger partial charge in [-0.3, -0.25) is 19.3 Å². The van der Waals surface area contributed by atoms with E-state index in [1.165, 1.54) is 0 Å². The standard InChI is InChI=1S/C20H26N4O4/c1-14-7-9-20(10-8-14)18(27)24(19(28)23-20)13-16(25)21-11-12-22-17(26)15-5-3-2-4-6-15/h2-6,14H,7-13H2,1H3,(H,21,25)(H,22,26)(H,23,28). The van der Waals surface area contributed by atoms with Crippen LogP contribution in [0.4, 0.5) is 4.79 Å². The largest absolute Gasteiger partial charge is 0.353 e. The van der Waals surface area contributed by atoms with Crippen molar-refractivity contribution in [1.29, 1.82) is 0 Å². The number of rotatable bonds is 6. The molecule has 2 fully saturated rings. The van der Waals surface area contributed by atoms with Gasteiger partial charge in [-0.15, -0.1) is 0 Å². The molecule has 1 spiro atoms. The maximum absolute atomic E-state index is 12.7. The highest BCUT2D eigenvalue weighted by atomic mass is 16.2. The number of hydrogen-bond donors (Lipinski definition) is 3. The zero-order chi connectivity index (χ0) is 20.1. The molecule has 1 aliphatic heterocycles. The van der Waals surface area contributed by atoms with Crippen LogP contribution in [0.2, 0.25) is 0 Å². The van der Waals surface area contributed by atoms with Gasteiger partial charge in [-0.25, -0.2) is 4.79 Å². The predicted molar refractivity (Wildman–Crippen MR) is 102 cm³/mol. The van der Waals surface area contributed by atoms with Crippen molar-refractivity contribution in [1.82, 2.24) is 20.9 Å². The molecule has 5 amide bonds. The number of amides is 5. The second-order valence-electron chi connectivity index (χ2n) is 7.56. The molecule has 1 saturated heterocycles. The molecule has 1 aromatic carbocycles. The van der Waals surface area contributed by atoms with Crippen LogP contribution in [-0.4, -0.2) is 53.8 Å². The molecular formula is C20H26N4O4. The van der Waals surface area contributed by atoms with E-state index in [-0.39, 0.29) is 31.4 Å². The molecule has 28 heavy (non-hydrogen) atoms. The molecule has 3 rings (SSSR count). The minimum absolute atomic E-state index is 0.212. The Morgan fingerprint density at radius 1 is 1.11 bits per heavy atom. The van der Waals surface area contributed by atoms with Gasteiger partial charge in [-0.2, -0.15) is 0 Å². The fourth-order valence-electron chi connectivity index (χ4n) is 3.68. The lowest BCUT2D eigenvalue weighted by molar-refractivity contribution is -0.136. The first kappa shape index (κ1) is 19.9. The Hall–Kier alpha value is -2.90. The van der Waals surface area contributed by atoms with Gasteiger partial charge in [-0.05, 0) is 43.7 Å². The summed E-state index contributed by atoms with van der Waals surface area (Å²) in [6, 6.07) is 8.27. The van der Waals surface area contributed by atoms with Crippen LogP contribution in [0.25, 0.3) is 0 Å². The average Bonchev–Trinajstić information content (AvgIpc) is 2.92. The highest BCUT2D eigenvalue weighted by Gasteiger charge is 2.52. The SMILES string of the molecule is CC1CCC2(CC1)NC(=O)N(CC(=O)NCCNC(=O)c1ccccc1)C2=O. The quantitative estimate of drug-likeness (QED) is 0.501. The van der Waals surface area contributed by atoms with Gasteiger partial charge < -0.3 is 16.0 Å². The van der Waals surface area contributed by atoms with Crippen molar-refractivity contribution < 1.29 is 19.2 Å². The van der Waals surface area contributed by atoms with Crippen LogP contribution in [0.5, 0.6) is 0 Å². The van der Waals surface area contributed by atoms with Gasteiger partial charge >= 0.3 is 6.03 Å². The third-order valence-corrected chi connectivity index (χ3v) is 5.44. The summed E-state index contributed by atoms with van der Waals surface area (Å²) in [6.07, 6.45) is 2.99. The number of carbonyl (C=O) groups is 4. The monoisotopic (exact) mass is 386 g/mol. The molecule has 8 nitrogen and oxygen atoms in total. The molecule has 0 atom stereocenters. The van der Waals surface area contributed by atoms with Crippen LogP contribution in [0.3, 0.4) is 0 Å². The minimum Gasteiger partial charge on any atom is -0.353 e. The zero-order valence-electron chi connectivity index (χ0n) is 16.0. The van der Waals surface area contributed by atoms with Crippen molar-refractivity contribution in [2.24, 2.45) is 5.92 Å². The Bertz CT molecular complexity index is 757. The lowest BCUT2D eigenvalue weighted by Crippen LogP contribution is -2.50. The topological polar surface area (TPSA) is 108 Å². The highest BCUT2D eigenvalue weighted by molar-refractivity contribution is 6.09. The summed E-state index contributed by atoms with van der Waals surface area (Å²) in [4.78, 5) is 50.0. The first-order valence-corrected chi connectivity index (χ1v) is 9.65. The number of hydrogen-bond acceptors (Lipinski definition) is 4. The van der Waals surface area contributed by atoms with E-state index in [2.05, 4.69) is 22.9 Å². The summed E-state index contributed by atoms with van der Waals surface area (Å²) < 4.78 is 0. The molecule has 8 heteroatoms. The van der Waals surface area contributed by atoms with E-state index in [1.807, 2.05) is 6.07 Å². The Morgan fingerprint density at radius 3 is 2.43 bits per heavy atom. The summed E-state index contributed by atoms with van der Waals surface area (Å²) in [5.74, 6) is -0.424. The fourth-order valence-corrected chi connectivity index (χ4v) is 3.68. The van der Waals surface area contributed by atoms with E-state index in [0.717, 1.165) is 17.7 Å². The Balaban J connectivity index is 1.43. The third-order valence-electron chi connectivity index (χ3n) is 5.44. The van der Waals surface area contributed by atoms with E-state index in [1.54, 1.807) is 24.3 Å². The second kappa shape index (κ2) is 8.41. The van der Waals surface area contributed by atoms with E-state index < -0.39 is 17.5 Å². The van der Waals surface area contributed by atoms with Gasteiger partial charge in [0, 0.05) is 18.7 Å². The summed E-state index contributed by atoms with van der Waals surface area (Å²) in [5.41, 5.74) is -0.298. The first-order valence-electron chi connectivity index (χ1n) is 9.65. The van der Waals surface area contributed by atoms with Gasteiger partial charge in [0.25, 0.3) is 11.8 Å². The van der Waals surface area contributed by atoms with Crippen molar-refractivity contribution in [2.45, 2.75) is 38.1 Å². The Morgan fingerprint density at radius 2 is 1.75 bits per heavy atom. The number of nitrogens with one attached hydrogen (secondary N) is 3. The number of carbonyl (C=O) groups excluding carboxylic acids is 4. The zero-order valence-corrected chi connectivity index (χ0v) is 16.0. The van der Waals surface area contributed by atoms with Gasteiger partial charge in [0.05, 0.1) is 0 Å². The smallest absolute Gasteiger partial charge is 0.325 e. The van der Waals surface area contributed by atoms with Crippen LogP contribution < -0.4 is 16.0 Å². The number of benzene rings is 1. The molecule has 1 heterocycles. The van der Waals surface area contributed by atoms with Gasteiger partial charge in [0.1, 0.15) is 12.1 Å². The number of urea groups is 1. The van der Waals surface area contributed by atoms with Gasteiger partial charge in [0.2, 0.25) is 5.91 Å². The third kappa shape index (κ3) is 4.32. The molecule has 150 valence electrons. The highest BCUT2D eigenvalue weighted by Crippen LogP contribution is 2.36. The maximum atomic E-state index is 12.7. The van der Waals surface area contributed by atoms with Crippen molar-refractivity contribution in [3.8, 4) is 0 Å². The molecule has 2 aliphatic rings. The molecular weight excluding hydrogens is 360 g/mol. The van der Waals surface area contributed by atoms with Crippen molar-refractivity contribution in [3.63, 3.8) is 0 Å². The van der Waals surface area contributed by atoms with Crippen LogP contribution in [0.1, 0.15) is 43.0 Å². The lowest BCUT2D eigenvalue weighted by atomic mass is 9.77. The maximum Gasteiger partial charge on any atom is 0.325 e. The van der Waals surface area contributed by atoms with Gasteiger partial charge in [0.15, 0.2) is 0 Å². The molecule has 0 radical (unpaired) electrons. The average molecular weight is 386 g/mol. The molecule has 1 aromatic rings. The molecule has 0 aromatic heterocycles. The molecule has 1 saturated carbocycles. The van der Waals surface area contributed by atoms with Gasteiger partial charge in [-0.1, -0.05) is 25.1 Å². The number of nitrogens with zero attached hydrogens (tertiary/aromatic N) is 1. The lowest BCUT2D eigenvalue weighted by Gasteiger charge is -2.33. The van der Waals surface area contributed by atoms with E-state index in [9.17, 15) is 19.2 Å². The van der Waals surface area contributed by atoms with E-state index in [0.29, 0.717) is 24.3 Å². The van der Waals surface area contributed by atoms with E-state index >= 15 is 0 Å². The van der Waals surface area contributed by atoms with Crippen molar-refractivity contribution in [3.05, 3.63) is 35.9 Å². The molecule has 0 unspecified atom stereocenters. The Labute approximate surface area is 164 Å². The fraction of sp³-hybridized carbons (Fsp3) is 0.500. The second-order valence-corrected chi connectivity index (χ2v) is 7.56. The molecule has 1 aliphatic carbocycles. The normalized spacial score (nSPS) is 24.2.